The lowest BCUT2D eigenvalue weighted by Gasteiger charge is -2.21. The average molecular weight is 371 g/mol. The molecule has 1 saturated heterocycles. The largest absolute Gasteiger partial charge is 0.348 e. The maximum absolute atomic E-state index is 12.5. The molecule has 27 heavy (non-hydrogen) atoms. The van der Waals surface area contributed by atoms with Crippen LogP contribution in [0.1, 0.15) is 56.7 Å². The molecule has 5 amide bonds. The molecule has 1 N–H and O–H groups in total. The van der Waals surface area contributed by atoms with Crippen LogP contribution in [0, 0.1) is 0 Å². The minimum atomic E-state index is -0.915. The van der Waals surface area contributed by atoms with E-state index in [0.29, 0.717) is 0 Å². The summed E-state index contributed by atoms with van der Waals surface area (Å²) in [6.45, 7) is 3.47. The highest BCUT2D eigenvalue weighted by atomic mass is 16.2. The van der Waals surface area contributed by atoms with Crippen molar-refractivity contribution in [2.45, 2.75) is 58.0 Å². The summed E-state index contributed by atoms with van der Waals surface area (Å²) in [7, 11) is 0. The van der Waals surface area contributed by atoms with Crippen molar-refractivity contribution in [1.29, 1.82) is 0 Å². The van der Waals surface area contributed by atoms with Gasteiger partial charge in [-0.1, -0.05) is 44.0 Å². The fourth-order valence-corrected chi connectivity index (χ4v) is 3.70. The molecule has 3 rings (SSSR count). The van der Waals surface area contributed by atoms with Crippen molar-refractivity contribution in [3.63, 3.8) is 0 Å². The number of aryl methyl sites for hydroxylation is 1. The number of imide groups is 2. The lowest BCUT2D eigenvalue weighted by atomic mass is 10.1. The zero-order chi connectivity index (χ0) is 19.6. The molecule has 2 aliphatic rings. The molecule has 1 aliphatic carbocycles. The Hall–Kier alpha value is -2.70. The molecule has 7 heteroatoms. The van der Waals surface area contributed by atoms with E-state index in [2.05, 4.69) is 12.2 Å². The first-order valence-electron chi connectivity index (χ1n) is 9.49. The Labute approximate surface area is 158 Å². The number of rotatable bonds is 6. The lowest BCUT2D eigenvalue weighted by molar-refractivity contribution is -0.144. The van der Waals surface area contributed by atoms with E-state index in [-0.39, 0.29) is 12.1 Å². The van der Waals surface area contributed by atoms with Crippen molar-refractivity contribution < 1.29 is 19.2 Å². The summed E-state index contributed by atoms with van der Waals surface area (Å²) in [4.78, 5) is 51.0. The highest BCUT2D eigenvalue weighted by Gasteiger charge is 2.48. The number of carbonyl (C=O) groups is 4. The second kappa shape index (κ2) is 7.90. The minimum Gasteiger partial charge on any atom is -0.348 e. The molecular weight excluding hydrogens is 346 g/mol. The van der Waals surface area contributed by atoms with E-state index < -0.39 is 30.3 Å². The van der Waals surface area contributed by atoms with Crippen LogP contribution >= 0.6 is 0 Å². The summed E-state index contributed by atoms with van der Waals surface area (Å²) in [6.07, 6.45) is 4.24. The van der Waals surface area contributed by atoms with Gasteiger partial charge >= 0.3 is 17.8 Å². The number of nitrogens with one attached hydrogen (secondary N) is 1. The van der Waals surface area contributed by atoms with Gasteiger partial charge in [-0.25, -0.2) is 9.69 Å². The number of benzene rings is 1. The smallest absolute Gasteiger partial charge is 0.334 e. The fraction of sp³-hybridized carbons (Fsp3) is 0.500. The van der Waals surface area contributed by atoms with Gasteiger partial charge in [0.2, 0.25) is 5.91 Å². The Balaban J connectivity index is 1.61. The monoisotopic (exact) mass is 371 g/mol. The van der Waals surface area contributed by atoms with E-state index in [1.54, 1.807) is 0 Å². The second-order valence-electron chi connectivity index (χ2n) is 7.17. The standard InChI is InChI=1S/C20H25N3O4/c1-3-14-8-10-15(11-9-14)13(2)21-17(24)12-22-18(25)19(26)23(20(22)27)16-6-4-5-7-16/h8-11,13,16H,3-7,12H2,1-2H3,(H,21,24)/t13-/m0/s1. The van der Waals surface area contributed by atoms with Crippen molar-refractivity contribution in [3.05, 3.63) is 35.4 Å². The van der Waals surface area contributed by atoms with Crippen LogP contribution in [0.25, 0.3) is 0 Å². The van der Waals surface area contributed by atoms with E-state index in [0.717, 1.165) is 47.5 Å². The third kappa shape index (κ3) is 3.86. The normalized spacial score (nSPS) is 19.1. The third-order valence-corrected chi connectivity index (χ3v) is 5.34. The van der Waals surface area contributed by atoms with Crippen LogP contribution < -0.4 is 5.32 Å². The summed E-state index contributed by atoms with van der Waals surface area (Å²) >= 11 is 0. The zero-order valence-electron chi connectivity index (χ0n) is 15.7. The van der Waals surface area contributed by atoms with Crippen molar-refractivity contribution in [2.75, 3.05) is 6.54 Å². The van der Waals surface area contributed by atoms with Gasteiger partial charge in [0.05, 0.1) is 6.04 Å². The summed E-state index contributed by atoms with van der Waals surface area (Å²) < 4.78 is 0. The van der Waals surface area contributed by atoms with Crippen molar-refractivity contribution in [2.24, 2.45) is 0 Å². The minimum absolute atomic E-state index is 0.224. The van der Waals surface area contributed by atoms with Gasteiger partial charge < -0.3 is 5.32 Å². The first-order chi connectivity index (χ1) is 12.9. The SMILES string of the molecule is CCc1ccc([C@H](C)NC(=O)CN2C(=O)C(=O)N(C3CCCC3)C2=O)cc1. The molecule has 0 radical (unpaired) electrons. The number of urea groups is 1. The van der Waals surface area contributed by atoms with Crippen LogP contribution in [0.4, 0.5) is 4.79 Å². The number of carbonyl (C=O) groups excluding carboxylic acids is 4. The molecule has 0 bridgehead atoms. The van der Waals surface area contributed by atoms with E-state index in [4.69, 9.17) is 0 Å². The fourth-order valence-electron chi connectivity index (χ4n) is 3.70. The summed E-state index contributed by atoms with van der Waals surface area (Å²) in [6, 6.07) is 6.73. The maximum atomic E-state index is 12.5. The summed E-state index contributed by atoms with van der Waals surface area (Å²) in [5.41, 5.74) is 2.14. The van der Waals surface area contributed by atoms with Crippen molar-refractivity contribution in [3.8, 4) is 0 Å². The molecule has 1 aliphatic heterocycles. The van der Waals surface area contributed by atoms with Crippen molar-refractivity contribution >= 4 is 23.8 Å². The summed E-state index contributed by atoms with van der Waals surface area (Å²) in [5.74, 6) is -2.20. The van der Waals surface area contributed by atoms with Crippen LogP contribution in [0.5, 0.6) is 0 Å². The Morgan fingerprint density at radius 1 is 1.11 bits per heavy atom. The molecule has 1 saturated carbocycles. The molecular formula is C20H25N3O4. The lowest BCUT2D eigenvalue weighted by Crippen LogP contribution is -2.43. The summed E-state index contributed by atoms with van der Waals surface area (Å²) in [5, 5.41) is 2.79. The molecule has 0 unspecified atom stereocenters. The molecule has 0 spiro atoms. The van der Waals surface area contributed by atoms with Gasteiger partial charge in [0.15, 0.2) is 0 Å². The molecule has 7 nitrogen and oxygen atoms in total. The average Bonchev–Trinajstić information content (AvgIpc) is 3.25. The Morgan fingerprint density at radius 2 is 1.74 bits per heavy atom. The van der Waals surface area contributed by atoms with Gasteiger partial charge in [-0.2, -0.15) is 0 Å². The topological polar surface area (TPSA) is 86.8 Å². The maximum Gasteiger partial charge on any atom is 0.334 e. The molecule has 2 fully saturated rings. The van der Waals surface area contributed by atoms with Crippen LogP contribution in [0.3, 0.4) is 0 Å². The Bertz CT molecular complexity index is 753. The van der Waals surface area contributed by atoms with Gasteiger partial charge in [0, 0.05) is 6.04 Å². The second-order valence-corrected chi connectivity index (χ2v) is 7.17. The van der Waals surface area contributed by atoms with Crippen LogP contribution in [0.2, 0.25) is 0 Å². The van der Waals surface area contributed by atoms with E-state index in [1.165, 1.54) is 5.56 Å². The molecule has 1 aromatic rings. The van der Waals surface area contributed by atoms with Gasteiger partial charge in [-0.05, 0) is 37.3 Å². The number of nitrogens with zero attached hydrogens (tertiary/aromatic N) is 2. The van der Waals surface area contributed by atoms with Gasteiger partial charge in [0.1, 0.15) is 6.54 Å². The highest BCUT2D eigenvalue weighted by Crippen LogP contribution is 2.27. The van der Waals surface area contributed by atoms with Gasteiger partial charge in [-0.3, -0.25) is 19.3 Å². The molecule has 1 aromatic carbocycles. The molecule has 0 aromatic heterocycles. The first kappa shape index (κ1) is 19.1. The van der Waals surface area contributed by atoms with Crippen LogP contribution in [0.15, 0.2) is 24.3 Å². The number of hydrogen-bond acceptors (Lipinski definition) is 4. The van der Waals surface area contributed by atoms with Crippen LogP contribution in [-0.2, 0) is 20.8 Å². The first-order valence-corrected chi connectivity index (χ1v) is 9.49. The number of hydrogen-bond donors (Lipinski definition) is 1. The van der Waals surface area contributed by atoms with E-state index in [1.807, 2.05) is 31.2 Å². The molecule has 144 valence electrons. The third-order valence-electron chi connectivity index (χ3n) is 5.34. The number of amides is 5. The predicted octanol–water partition coefficient (Wildman–Crippen LogP) is 2.16. The Kier molecular flexibility index (Phi) is 5.58. The van der Waals surface area contributed by atoms with Crippen LogP contribution in [-0.4, -0.2) is 46.1 Å². The zero-order valence-corrected chi connectivity index (χ0v) is 15.7. The Morgan fingerprint density at radius 3 is 2.33 bits per heavy atom. The van der Waals surface area contributed by atoms with Gasteiger partial charge in [-0.15, -0.1) is 0 Å². The quantitative estimate of drug-likeness (QED) is 0.613. The van der Waals surface area contributed by atoms with E-state index in [9.17, 15) is 19.2 Å². The highest BCUT2D eigenvalue weighted by molar-refractivity contribution is 6.45. The molecule has 1 heterocycles. The van der Waals surface area contributed by atoms with E-state index >= 15 is 0 Å². The predicted molar refractivity (Wildman–Crippen MR) is 98.6 cm³/mol. The molecule has 1 atom stereocenters. The van der Waals surface area contributed by atoms with Crippen molar-refractivity contribution in [1.82, 2.24) is 15.1 Å². The van der Waals surface area contributed by atoms with Gasteiger partial charge in [0.25, 0.3) is 0 Å².